The van der Waals surface area contributed by atoms with Gasteiger partial charge < -0.3 is 15.7 Å². The highest BCUT2D eigenvalue weighted by Gasteiger charge is 2.34. The number of carbonyl (C=O) groups is 3. The third-order valence-electron chi connectivity index (χ3n) is 6.82. The Hall–Kier alpha value is -4.96. The Labute approximate surface area is 246 Å². The summed E-state index contributed by atoms with van der Waals surface area (Å²) in [5.41, 5.74) is 11.9. The van der Waals surface area contributed by atoms with E-state index in [1.165, 1.54) is 6.07 Å². The maximum Gasteiger partial charge on any atom is 0.335 e. The van der Waals surface area contributed by atoms with Crippen molar-refractivity contribution in [3.8, 4) is 0 Å². The predicted molar refractivity (Wildman–Crippen MR) is 162 cm³/mol. The van der Waals surface area contributed by atoms with Crippen LogP contribution in [0.3, 0.4) is 0 Å². The van der Waals surface area contributed by atoms with E-state index in [-0.39, 0.29) is 28.4 Å². The van der Waals surface area contributed by atoms with Crippen molar-refractivity contribution in [3.05, 3.63) is 125 Å². The number of aromatic carboxylic acids is 1. The van der Waals surface area contributed by atoms with Crippen LogP contribution >= 0.6 is 11.8 Å². The number of hydrazone groups is 1. The van der Waals surface area contributed by atoms with Gasteiger partial charge in [0.15, 0.2) is 5.71 Å². The number of aryl methyl sites for hydroxylation is 1. The number of hydrogen-bond acceptors (Lipinski definition) is 6. The smallest absolute Gasteiger partial charge is 0.335 e. The van der Waals surface area contributed by atoms with Crippen LogP contribution in [0.15, 0.2) is 101 Å². The molecule has 0 saturated heterocycles. The molecular weight excluding hydrogens is 555 g/mol. The molecule has 4 N–H and O–H groups in total. The number of nitrogen functional groups attached to an aromatic ring is 1. The monoisotopic (exact) mass is 582 g/mol. The Kier molecular flexibility index (Phi) is 8.63. The van der Waals surface area contributed by atoms with Crippen molar-refractivity contribution in [2.75, 3.05) is 22.9 Å². The molecule has 212 valence electrons. The van der Waals surface area contributed by atoms with E-state index < -0.39 is 17.7 Å². The van der Waals surface area contributed by atoms with Crippen LogP contribution in [0.25, 0.3) is 0 Å². The summed E-state index contributed by atoms with van der Waals surface area (Å²) >= 11 is 1.58. The van der Waals surface area contributed by atoms with Crippen LogP contribution in [0.1, 0.15) is 37.4 Å². The van der Waals surface area contributed by atoms with Gasteiger partial charge in [-0.05, 0) is 72.5 Å². The minimum Gasteiger partial charge on any atom is -0.478 e. The summed E-state index contributed by atoms with van der Waals surface area (Å²) in [6.45, 7) is 0.415. The second kappa shape index (κ2) is 12.7. The van der Waals surface area contributed by atoms with E-state index in [0.29, 0.717) is 24.2 Å². The van der Waals surface area contributed by atoms with Crippen molar-refractivity contribution < 1.29 is 23.9 Å². The molecule has 10 heteroatoms. The number of fused-ring (bicyclic) bond motifs is 1. The summed E-state index contributed by atoms with van der Waals surface area (Å²) in [6, 6.07) is 25.7. The van der Waals surface area contributed by atoms with E-state index in [0.717, 1.165) is 40.3 Å². The fraction of sp³-hybridized carbons (Fsp3) is 0.125. The van der Waals surface area contributed by atoms with Crippen LogP contribution in [-0.2, 0) is 17.6 Å². The molecule has 1 heterocycles. The predicted octanol–water partition coefficient (Wildman–Crippen LogP) is 5.16. The van der Waals surface area contributed by atoms with Gasteiger partial charge in [0.1, 0.15) is 5.82 Å². The highest BCUT2D eigenvalue weighted by Crippen LogP contribution is 2.33. The van der Waals surface area contributed by atoms with Gasteiger partial charge in [-0.25, -0.2) is 14.6 Å². The lowest BCUT2D eigenvalue weighted by molar-refractivity contribution is -0.112. The number of nitrogens with two attached hydrogens (primary N) is 1. The van der Waals surface area contributed by atoms with E-state index in [2.05, 4.69) is 10.5 Å². The SMILES string of the molecule is Nc1ccc(F)cc1C(=O)NN=C1C(=O)N(CCc2ccccc2)c2ccc(SCCc3ccc(C(=O)O)cc3)cc21. The first kappa shape index (κ1) is 28.6. The Morgan fingerprint density at radius 1 is 0.929 bits per heavy atom. The van der Waals surface area contributed by atoms with Crippen LogP contribution in [0.2, 0.25) is 0 Å². The largest absolute Gasteiger partial charge is 0.478 e. The number of carbonyl (C=O) groups excluding carboxylic acids is 2. The first-order chi connectivity index (χ1) is 20.3. The number of amides is 2. The van der Waals surface area contributed by atoms with Crippen molar-refractivity contribution in [2.45, 2.75) is 17.7 Å². The Balaban J connectivity index is 1.36. The number of rotatable bonds is 10. The van der Waals surface area contributed by atoms with Crippen molar-refractivity contribution in [2.24, 2.45) is 5.10 Å². The number of benzene rings is 4. The van der Waals surface area contributed by atoms with Gasteiger partial charge in [-0.3, -0.25) is 9.59 Å². The van der Waals surface area contributed by atoms with Crippen molar-refractivity contribution >= 4 is 46.6 Å². The molecule has 0 unspecified atom stereocenters. The molecule has 0 spiro atoms. The summed E-state index contributed by atoms with van der Waals surface area (Å²) in [6.07, 6.45) is 1.35. The summed E-state index contributed by atoms with van der Waals surface area (Å²) in [5.74, 6) is -1.94. The lowest BCUT2D eigenvalue weighted by atomic mass is 10.1. The second-order valence-corrected chi connectivity index (χ2v) is 10.8. The molecule has 4 aromatic rings. The topological polar surface area (TPSA) is 125 Å². The van der Waals surface area contributed by atoms with Gasteiger partial charge in [0.25, 0.3) is 11.8 Å². The molecule has 4 aromatic carbocycles. The highest BCUT2D eigenvalue weighted by atomic mass is 32.2. The molecular formula is C32H27FN4O4S. The second-order valence-electron chi connectivity index (χ2n) is 9.60. The number of nitrogens with zero attached hydrogens (tertiary/aromatic N) is 2. The third-order valence-corrected chi connectivity index (χ3v) is 7.81. The Bertz CT molecular complexity index is 1680. The van der Waals surface area contributed by atoms with E-state index >= 15 is 0 Å². The number of thioether (sulfide) groups is 1. The van der Waals surface area contributed by atoms with E-state index in [4.69, 9.17) is 10.8 Å². The van der Waals surface area contributed by atoms with Crippen molar-refractivity contribution in [1.29, 1.82) is 0 Å². The van der Waals surface area contributed by atoms with E-state index in [1.807, 2.05) is 48.5 Å². The summed E-state index contributed by atoms with van der Waals surface area (Å²) in [4.78, 5) is 39.9. The molecule has 1 aliphatic rings. The van der Waals surface area contributed by atoms with Gasteiger partial charge in [0.05, 0.1) is 16.8 Å². The van der Waals surface area contributed by atoms with Gasteiger partial charge in [0, 0.05) is 28.4 Å². The zero-order valence-electron chi connectivity index (χ0n) is 22.4. The fourth-order valence-electron chi connectivity index (χ4n) is 4.59. The number of carboxylic acid groups (broad SMARTS) is 1. The normalized spacial score (nSPS) is 13.3. The first-order valence-electron chi connectivity index (χ1n) is 13.2. The Morgan fingerprint density at radius 2 is 1.67 bits per heavy atom. The quantitative estimate of drug-likeness (QED) is 0.135. The average Bonchev–Trinajstić information content (AvgIpc) is 3.26. The molecule has 0 aromatic heterocycles. The lowest BCUT2D eigenvalue weighted by Crippen LogP contribution is -2.33. The molecule has 1 aliphatic heterocycles. The van der Waals surface area contributed by atoms with Gasteiger partial charge in [0.2, 0.25) is 0 Å². The molecule has 42 heavy (non-hydrogen) atoms. The van der Waals surface area contributed by atoms with Crippen LogP contribution < -0.4 is 16.1 Å². The third kappa shape index (κ3) is 6.50. The average molecular weight is 583 g/mol. The van der Waals surface area contributed by atoms with Crippen LogP contribution in [0, 0.1) is 5.82 Å². The van der Waals surface area contributed by atoms with Gasteiger partial charge in [-0.15, -0.1) is 11.8 Å². The summed E-state index contributed by atoms with van der Waals surface area (Å²) in [7, 11) is 0. The number of carboxylic acids is 1. The lowest BCUT2D eigenvalue weighted by Gasteiger charge is -2.17. The molecule has 0 saturated carbocycles. The zero-order chi connectivity index (χ0) is 29.6. The maximum absolute atomic E-state index is 13.7. The molecule has 5 rings (SSSR count). The minimum absolute atomic E-state index is 0.0769. The van der Waals surface area contributed by atoms with Crippen LogP contribution in [0.5, 0.6) is 0 Å². The van der Waals surface area contributed by atoms with Crippen molar-refractivity contribution in [3.63, 3.8) is 0 Å². The van der Waals surface area contributed by atoms with Gasteiger partial charge in [-0.2, -0.15) is 5.10 Å². The first-order valence-corrected chi connectivity index (χ1v) is 14.2. The molecule has 0 radical (unpaired) electrons. The summed E-state index contributed by atoms with van der Waals surface area (Å²) in [5, 5.41) is 13.3. The maximum atomic E-state index is 13.7. The minimum atomic E-state index is -0.963. The van der Waals surface area contributed by atoms with Crippen LogP contribution in [0.4, 0.5) is 15.8 Å². The van der Waals surface area contributed by atoms with E-state index in [9.17, 15) is 18.8 Å². The van der Waals surface area contributed by atoms with Gasteiger partial charge in [-0.1, -0.05) is 42.5 Å². The molecule has 2 amide bonds. The number of nitrogens with one attached hydrogen (secondary N) is 1. The molecule has 0 bridgehead atoms. The standard InChI is InChI=1S/C32H27FN4O4S/c33-23-10-12-27(34)25(18-23)30(38)36-35-29-26-19-24(42-17-15-21-6-8-22(9-7-21)32(40)41)11-13-28(26)37(31(29)39)16-14-20-4-2-1-3-5-20/h1-13,18-19H,14-17,34H2,(H,36,38)(H,40,41). The summed E-state index contributed by atoms with van der Waals surface area (Å²) < 4.78 is 13.7. The van der Waals surface area contributed by atoms with Gasteiger partial charge >= 0.3 is 5.97 Å². The Morgan fingerprint density at radius 3 is 2.40 bits per heavy atom. The van der Waals surface area contributed by atoms with Crippen molar-refractivity contribution in [1.82, 2.24) is 5.43 Å². The highest BCUT2D eigenvalue weighted by molar-refractivity contribution is 7.99. The number of hydrogen-bond donors (Lipinski definition) is 3. The van der Waals surface area contributed by atoms with Crippen LogP contribution in [-0.4, -0.2) is 40.9 Å². The molecule has 0 aliphatic carbocycles. The molecule has 0 fully saturated rings. The van der Waals surface area contributed by atoms with E-state index in [1.54, 1.807) is 40.9 Å². The fourth-order valence-corrected chi connectivity index (χ4v) is 5.53. The number of halogens is 1. The number of anilines is 2. The zero-order valence-corrected chi connectivity index (χ0v) is 23.2. The molecule has 8 nitrogen and oxygen atoms in total. The molecule has 0 atom stereocenters.